The highest BCUT2D eigenvalue weighted by Gasteiger charge is 2.45. The number of hydroxylamine groups is 2. The molecule has 1 unspecified atom stereocenters. The number of anilines is 1. The molecule has 5 atom stereocenters. The molecule has 2 rings (SSSR count). The number of rotatable bonds is 13. The maximum Gasteiger partial charge on any atom is 0.162 e. The first-order valence-corrected chi connectivity index (χ1v) is 11.6. The van der Waals surface area contributed by atoms with Crippen molar-refractivity contribution in [1.82, 2.24) is 5.06 Å². The summed E-state index contributed by atoms with van der Waals surface area (Å²) >= 11 is 11.7. The number of aryl methyl sites for hydroxylation is 1. The Hall–Kier alpha value is -0.680. The van der Waals surface area contributed by atoms with Crippen LogP contribution in [0.15, 0.2) is 24.3 Å². The van der Waals surface area contributed by atoms with Crippen LogP contribution in [0.2, 0.25) is 0 Å². The van der Waals surface area contributed by atoms with Gasteiger partial charge in [-0.05, 0) is 37.0 Å². The lowest BCUT2D eigenvalue weighted by Crippen LogP contribution is -2.63. The highest BCUT2D eigenvalue weighted by molar-refractivity contribution is 6.18. The first-order chi connectivity index (χ1) is 15.0. The van der Waals surface area contributed by atoms with E-state index in [2.05, 4.69) is 29.2 Å². The van der Waals surface area contributed by atoms with Gasteiger partial charge in [-0.1, -0.05) is 12.1 Å². The molecule has 1 fully saturated rings. The summed E-state index contributed by atoms with van der Waals surface area (Å²) < 4.78 is 5.54. The van der Waals surface area contributed by atoms with Crippen molar-refractivity contribution >= 4 is 28.9 Å². The fourth-order valence-electron chi connectivity index (χ4n) is 3.69. The number of nitrogens with zero attached hydrogens (tertiary/aromatic N) is 2. The predicted octanol–water partition coefficient (Wildman–Crippen LogP) is 0.957. The van der Waals surface area contributed by atoms with Gasteiger partial charge in [-0.15, -0.1) is 23.2 Å². The summed E-state index contributed by atoms with van der Waals surface area (Å²) in [5.41, 5.74) is 2.30. The maximum absolute atomic E-state index is 10.2. The molecule has 1 heterocycles. The molecule has 1 aromatic carbocycles. The van der Waals surface area contributed by atoms with Gasteiger partial charge < -0.3 is 30.1 Å². The van der Waals surface area contributed by atoms with Crippen molar-refractivity contribution < 1.29 is 30.0 Å². The van der Waals surface area contributed by atoms with Crippen LogP contribution in [0.25, 0.3) is 0 Å². The van der Waals surface area contributed by atoms with Crippen molar-refractivity contribution in [3.63, 3.8) is 0 Å². The Labute approximate surface area is 193 Å². The number of halogens is 2. The average molecular weight is 481 g/mol. The van der Waals surface area contributed by atoms with Crippen LogP contribution in [0.1, 0.15) is 18.4 Å². The SMILES string of the molecule is CON(CCCCc1ccc(N(CCCl)CCCl)cc1)C1O[C@H](CO)[C@@H](O)[C@@H](O)[C@H]1O. The minimum atomic E-state index is -1.43. The summed E-state index contributed by atoms with van der Waals surface area (Å²) in [4.78, 5) is 7.48. The second-order valence-corrected chi connectivity index (χ2v) is 8.29. The number of hydrogen-bond donors (Lipinski definition) is 4. The molecule has 1 aliphatic rings. The van der Waals surface area contributed by atoms with Crippen LogP contribution in [0.3, 0.4) is 0 Å². The molecule has 31 heavy (non-hydrogen) atoms. The van der Waals surface area contributed by atoms with E-state index in [0.29, 0.717) is 18.3 Å². The van der Waals surface area contributed by atoms with E-state index in [0.717, 1.165) is 38.0 Å². The number of alkyl halides is 2. The number of benzene rings is 1. The lowest BCUT2D eigenvalue weighted by atomic mass is 9.98. The summed E-state index contributed by atoms with van der Waals surface area (Å²) in [6.07, 6.45) is -3.59. The molecule has 10 heteroatoms. The summed E-state index contributed by atoms with van der Waals surface area (Å²) in [7, 11) is 1.45. The predicted molar refractivity (Wildman–Crippen MR) is 121 cm³/mol. The summed E-state index contributed by atoms with van der Waals surface area (Å²) in [6, 6.07) is 8.33. The molecular formula is C21H34Cl2N2O6. The van der Waals surface area contributed by atoms with E-state index in [-0.39, 0.29) is 0 Å². The largest absolute Gasteiger partial charge is 0.394 e. The van der Waals surface area contributed by atoms with Gasteiger partial charge in [0.25, 0.3) is 0 Å². The zero-order valence-corrected chi connectivity index (χ0v) is 19.3. The lowest BCUT2D eigenvalue weighted by molar-refractivity contribution is -0.328. The van der Waals surface area contributed by atoms with Crippen molar-refractivity contribution in [3.8, 4) is 0 Å². The van der Waals surface area contributed by atoms with Crippen molar-refractivity contribution in [2.24, 2.45) is 0 Å². The van der Waals surface area contributed by atoms with Crippen molar-refractivity contribution in [3.05, 3.63) is 29.8 Å². The van der Waals surface area contributed by atoms with Crippen LogP contribution in [-0.4, -0.2) is 101 Å². The molecular weight excluding hydrogens is 447 g/mol. The molecule has 8 nitrogen and oxygen atoms in total. The molecule has 4 N–H and O–H groups in total. The van der Waals surface area contributed by atoms with Crippen LogP contribution < -0.4 is 4.90 Å². The molecule has 0 saturated carbocycles. The summed E-state index contributed by atoms with van der Waals surface area (Å²) in [5, 5.41) is 40.9. The van der Waals surface area contributed by atoms with E-state index in [9.17, 15) is 20.4 Å². The minimum Gasteiger partial charge on any atom is -0.394 e. The van der Waals surface area contributed by atoms with E-state index in [1.807, 2.05) is 0 Å². The molecule has 1 aromatic rings. The minimum absolute atomic E-state index is 0.455. The Morgan fingerprint density at radius 1 is 0.935 bits per heavy atom. The van der Waals surface area contributed by atoms with Crippen LogP contribution in [0.4, 0.5) is 5.69 Å². The number of unbranched alkanes of at least 4 members (excludes halogenated alkanes) is 1. The Kier molecular flexibility index (Phi) is 11.8. The first kappa shape index (κ1) is 26.6. The molecule has 0 aliphatic carbocycles. The second kappa shape index (κ2) is 13.8. The quantitative estimate of drug-likeness (QED) is 0.188. The number of hydrogen-bond acceptors (Lipinski definition) is 8. The van der Waals surface area contributed by atoms with E-state index < -0.39 is 37.3 Å². The maximum atomic E-state index is 10.2. The molecule has 0 aromatic heterocycles. The lowest BCUT2D eigenvalue weighted by Gasteiger charge is -2.43. The normalized spacial score (nSPS) is 26.4. The van der Waals surface area contributed by atoms with Crippen LogP contribution in [-0.2, 0) is 16.0 Å². The van der Waals surface area contributed by atoms with Gasteiger partial charge in [0.05, 0.1) is 13.7 Å². The van der Waals surface area contributed by atoms with Gasteiger partial charge >= 0.3 is 0 Å². The van der Waals surface area contributed by atoms with Crippen molar-refractivity contribution in [2.75, 3.05) is 50.0 Å². The zero-order chi connectivity index (χ0) is 22.8. The van der Waals surface area contributed by atoms with E-state index in [1.165, 1.54) is 17.7 Å². The number of aliphatic hydroxyl groups is 4. The fraction of sp³-hybridized carbons (Fsp3) is 0.714. The summed E-state index contributed by atoms with van der Waals surface area (Å²) in [5.74, 6) is 1.09. The number of aliphatic hydroxyl groups excluding tert-OH is 4. The molecule has 0 radical (unpaired) electrons. The van der Waals surface area contributed by atoms with Crippen LogP contribution >= 0.6 is 23.2 Å². The molecule has 0 bridgehead atoms. The van der Waals surface area contributed by atoms with Crippen LogP contribution in [0.5, 0.6) is 0 Å². The monoisotopic (exact) mass is 480 g/mol. The third-order valence-corrected chi connectivity index (χ3v) is 5.83. The molecule has 1 saturated heterocycles. The van der Waals surface area contributed by atoms with Gasteiger partial charge in [0.15, 0.2) is 6.23 Å². The molecule has 0 amide bonds. The molecule has 178 valence electrons. The first-order valence-electron chi connectivity index (χ1n) is 10.5. The Bertz CT molecular complexity index is 618. The average Bonchev–Trinajstić information content (AvgIpc) is 2.79. The van der Waals surface area contributed by atoms with E-state index in [4.69, 9.17) is 32.8 Å². The third-order valence-electron chi connectivity index (χ3n) is 5.49. The smallest absolute Gasteiger partial charge is 0.162 e. The standard InChI is InChI=1S/C21H34Cl2N2O6/c1-30-25(21-20(29)19(28)18(27)17(14-26)31-21)11-3-2-4-15-5-7-16(8-6-15)24(12-9-22)13-10-23/h5-8,17-21,26-29H,2-4,9-14H2,1H3/t17-,18-,19-,20-,21?/m1/s1. The molecule has 1 aliphatic heterocycles. The highest BCUT2D eigenvalue weighted by Crippen LogP contribution is 2.24. The van der Waals surface area contributed by atoms with Crippen LogP contribution in [0, 0.1) is 0 Å². The van der Waals surface area contributed by atoms with Crippen molar-refractivity contribution in [2.45, 2.75) is 49.9 Å². The van der Waals surface area contributed by atoms with Gasteiger partial charge in [0.1, 0.15) is 24.4 Å². The number of ether oxygens (including phenoxy) is 1. The summed E-state index contributed by atoms with van der Waals surface area (Å²) in [6.45, 7) is 1.48. The highest BCUT2D eigenvalue weighted by atomic mass is 35.5. The van der Waals surface area contributed by atoms with Gasteiger partial charge in [-0.25, -0.2) is 0 Å². The Morgan fingerprint density at radius 2 is 1.58 bits per heavy atom. The van der Waals surface area contributed by atoms with Gasteiger partial charge in [-0.2, -0.15) is 5.06 Å². The van der Waals surface area contributed by atoms with Gasteiger partial charge in [0.2, 0.25) is 0 Å². The van der Waals surface area contributed by atoms with Gasteiger partial charge in [-0.3, -0.25) is 4.84 Å². The van der Waals surface area contributed by atoms with Crippen molar-refractivity contribution in [1.29, 1.82) is 0 Å². The third kappa shape index (κ3) is 7.42. The Balaban J connectivity index is 1.84. The van der Waals surface area contributed by atoms with E-state index in [1.54, 1.807) is 0 Å². The van der Waals surface area contributed by atoms with Gasteiger partial charge in [0, 0.05) is 37.1 Å². The fourth-order valence-corrected chi connectivity index (χ4v) is 4.09. The second-order valence-electron chi connectivity index (χ2n) is 7.53. The van der Waals surface area contributed by atoms with E-state index >= 15 is 0 Å². The zero-order valence-electron chi connectivity index (χ0n) is 17.8. The Morgan fingerprint density at radius 3 is 2.13 bits per heavy atom. The molecule has 0 spiro atoms. The topological polar surface area (TPSA) is 106 Å².